The van der Waals surface area contributed by atoms with Crippen LogP contribution >= 0.6 is 11.6 Å². The van der Waals surface area contributed by atoms with Crippen LogP contribution in [-0.4, -0.2) is 19.1 Å². The molecule has 7 heteroatoms. The van der Waals surface area contributed by atoms with Crippen molar-refractivity contribution >= 4 is 23.3 Å². The molecule has 0 aliphatic rings. The predicted molar refractivity (Wildman–Crippen MR) is 68.5 cm³/mol. The molecule has 19 heavy (non-hydrogen) atoms. The van der Waals surface area contributed by atoms with Gasteiger partial charge in [-0.25, -0.2) is 4.79 Å². The van der Waals surface area contributed by atoms with Gasteiger partial charge in [0.1, 0.15) is 0 Å². The Bertz CT molecular complexity index is 463. The van der Waals surface area contributed by atoms with Crippen LogP contribution in [0.4, 0.5) is 23.7 Å². The first-order chi connectivity index (χ1) is 8.81. The molecule has 0 aliphatic heterocycles. The Balaban J connectivity index is 3.08. The summed E-state index contributed by atoms with van der Waals surface area (Å²) in [5.41, 5.74) is -0.587. The molecule has 0 atom stereocenters. The zero-order valence-corrected chi connectivity index (χ0v) is 11.3. The third-order valence-electron chi connectivity index (χ3n) is 2.46. The quantitative estimate of drug-likeness (QED) is 0.900. The normalized spacial score (nSPS) is 11.3. The molecule has 0 bridgehead atoms. The van der Waals surface area contributed by atoms with Gasteiger partial charge < -0.3 is 5.32 Å². The van der Waals surface area contributed by atoms with Crippen molar-refractivity contribution in [3.8, 4) is 0 Å². The van der Waals surface area contributed by atoms with Crippen LogP contribution in [0.25, 0.3) is 0 Å². The molecule has 0 spiro atoms. The predicted octanol–water partition coefficient (Wildman–Crippen LogP) is 3.91. The molecule has 106 valence electrons. The number of halogens is 4. The van der Waals surface area contributed by atoms with Crippen LogP contribution in [-0.2, 0) is 6.18 Å². The summed E-state index contributed by atoms with van der Waals surface area (Å²) < 4.78 is 37.7. The van der Waals surface area contributed by atoms with Gasteiger partial charge in [-0.3, -0.25) is 4.90 Å². The highest BCUT2D eigenvalue weighted by molar-refractivity contribution is 6.31. The summed E-state index contributed by atoms with van der Waals surface area (Å²) in [6.07, 6.45) is -4.50. The van der Waals surface area contributed by atoms with E-state index in [4.69, 9.17) is 11.6 Å². The Kier molecular flexibility index (Phi) is 5.05. The SMILES string of the molecule is CCNC(=O)N(CC)c1ccc(C(F)(F)F)c(Cl)c1. The Morgan fingerprint density at radius 2 is 2.00 bits per heavy atom. The number of urea groups is 1. The minimum atomic E-state index is -4.50. The molecule has 1 aromatic carbocycles. The standard InChI is InChI=1S/C12H14ClF3N2O/c1-3-17-11(19)18(4-2)8-5-6-9(10(13)7-8)12(14,15)16/h5-7H,3-4H2,1-2H3,(H,17,19). The van der Waals surface area contributed by atoms with E-state index in [1.54, 1.807) is 13.8 Å². The van der Waals surface area contributed by atoms with Gasteiger partial charge in [0, 0.05) is 18.8 Å². The topological polar surface area (TPSA) is 32.3 Å². The maximum atomic E-state index is 12.6. The zero-order chi connectivity index (χ0) is 14.6. The van der Waals surface area contributed by atoms with E-state index in [1.165, 1.54) is 11.0 Å². The van der Waals surface area contributed by atoms with Crippen molar-refractivity contribution in [3.05, 3.63) is 28.8 Å². The third kappa shape index (κ3) is 3.76. The van der Waals surface area contributed by atoms with E-state index < -0.39 is 16.8 Å². The Labute approximate surface area is 114 Å². The molecule has 2 amide bonds. The molecule has 3 nitrogen and oxygen atoms in total. The number of hydrogen-bond acceptors (Lipinski definition) is 1. The van der Waals surface area contributed by atoms with E-state index in [2.05, 4.69) is 5.32 Å². The van der Waals surface area contributed by atoms with E-state index in [-0.39, 0.29) is 6.03 Å². The van der Waals surface area contributed by atoms with Gasteiger partial charge in [0.05, 0.1) is 10.6 Å². The Hall–Kier alpha value is -1.43. The summed E-state index contributed by atoms with van der Waals surface area (Å²) in [6.45, 7) is 4.24. The molecule has 0 aromatic heterocycles. The number of rotatable bonds is 3. The lowest BCUT2D eigenvalue weighted by Crippen LogP contribution is -2.39. The minimum Gasteiger partial charge on any atom is -0.338 e. The molecule has 0 aliphatic carbocycles. The minimum absolute atomic E-state index is 0.325. The van der Waals surface area contributed by atoms with Gasteiger partial charge in [-0.1, -0.05) is 11.6 Å². The smallest absolute Gasteiger partial charge is 0.338 e. The third-order valence-corrected chi connectivity index (χ3v) is 2.77. The van der Waals surface area contributed by atoms with Gasteiger partial charge in [0.15, 0.2) is 0 Å². The maximum Gasteiger partial charge on any atom is 0.417 e. The average Bonchev–Trinajstić information content (AvgIpc) is 2.28. The van der Waals surface area contributed by atoms with E-state index in [0.717, 1.165) is 12.1 Å². The largest absolute Gasteiger partial charge is 0.417 e. The lowest BCUT2D eigenvalue weighted by molar-refractivity contribution is -0.137. The highest BCUT2D eigenvalue weighted by Gasteiger charge is 2.33. The molecular weight excluding hydrogens is 281 g/mol. The van der Waals surface area contributed by atoms with Gasteiger partial charge in [0.25, 0.3) is 0 Å². The maximum absolute atomic E-state index is 12.6. The second-order valence-electron chi connectivity index (χ2n) is 3.74. The average molecular weight is 295 g/mol. The number of alkyl halides is 3. The molecule has 0 fully saturated rings. The lowest BCUT2D eigenvalue weighted by atomic mass is 10.2. The number of nitrogens with zero attached hydrogens (tertiary/aromatic N) is 1. The number of nitrogens with one attached hydrogen (secondary N) is 1. The molecule has 0 unspecified atom stereocenters. The number of benzene rings is 1. The number of amides is 2. The van der Waals surface area contributed by atoms with E-state index in [1.807, 2.05) is 0 Å². The molecule has 0 saturated carbocycles. The van der Waals surface area contributed by atoms with Gasteiger partial charge in [-0.05, 0) is 32.0 Å². The first kappa shape index (κ1) is 15.6. The molecular formula is C12H14ClF3N2O. The zero-order valence-electron chi connectivity index (χ0n) is 10.5. The van der Waals surface area contributed by atoms with Crippen molar-refractivity contribution in [3.63, 3.8) is 0 Å². The summed E-state index contributed by atoms with van der Waals surface area (Å²) in [6, 6.07) is 2.87. The van der Waals surface area contributed by atoms with Gasteiger partial charge in [0.2, 0.25) is 0 Å². The fourth-order valence-electron chi connectivity index (χ4n) is 1.59. The van der Waals surface area contributed by atoms with Crippen LogP contribution in [0.3, 0.4) is 0 Å². The summed E-state index contributed by atoms with van der Waals surface area (Å²) >= 11 is 5.62. The summed E-state index contributed by atoms with van der Waals surface area (Å²) in [5, 5.41) is 2.16. The van der Waals surface area contributed by atoms with E-state index >= 15 is 0 Å². The molecule has 0 heterocycles. The molecule has 0 radical (unpaired) electrons. The highest BCUT2D eigenvalue weighted by atomic mass is 35.5. The van der Waals surface area contributed by atoms with Gasteiger partial charge in [-0.15, -0.1) is 0 Å². The van der Waals surface area contributed by atoms with Crippen molar-refractivity contribution in [2.75, 3.05) is 18.0 Å². The Morgan fingerprint density at radius 3 is 2.42 bits per heavy atom. The summed E-state index contributed by atoms with van der Waals surface area (Å²) in [7, 11) is 0. The van der Waals surface area contributed by atoms with Crippen molar-refractivity contribution in [1.82, 2.24) is 5.32 Å². The molecule has 1 N–H and O–H groups in total. The van der Waals surface area contributed by atoms with Crippen LogP contribution in [0, 0.1) is 0 Å². The van der Waals surface area contributed by atoms with Crippen molar-refractivity contribution in [2.45, 2.75) is 20.0 Å². The van der Waals surface area contributed by atoms with Crippen molar-refractivity contribution < 1.29 is 18.0 Å². The highest BCUT2D eigenvalue weighted by Crippen LogP contribution is 2.36. The first-order valence-corrected chi connectivity index (χ1v) is 6.11. The number of carbonyl (C=O) groups excluding carboxylic acids is 1. The van der Waals surface area contributed by atoms with Crippen molar-refractivity contribution in [1.29, 1.82) is 0 Å². The fraction of sp³-hybridized carbons (Fsp3) is 0.417. The van der Waals surface area contributed by atoms with Gasteiger partial charge in [-0.2, -0.15) is 13.2 Å². The van der Waals surface area contributed by atoms with Crippen molar-refractivity contribution in [2.24, 2.45) is 0 Å². The van der Waals surface area contributed by atoms with Crippen LogP contribution < -0.4 is 10.2 Å². The number of anilines is 1. The monoisotopic (exact) mass is 294 g/mol. The van der Waals surface area contributed by atoms with Gasteiger partial charge >= 0.3 is 12.2 Å². The second-order valence-corrected chi connectivity index (χ2v) is 4.15. The number of hydrogen-bond donors (Lipinski definition) is 1. The van der Waals surface area contributed by atoms with Crippen LogP contribution in [0.15, 0.2) is 18.2 Å². The summed E-state index contributed by atoms with van der Waals surface area (Å²) in [4.78, 5) is 13.0. The van der Waals surface area contributed by atoms with E-state index in [0.29, 0.717) is 18.8 Å². The number of carbonyl (C=O) groups is 1. The summed E-state index contributed by atoms with van der Waals surface area (Å²) in [5.74, 6) is 0. The van der Waals surface area contributed by atoms with E-state index in [9.17, 15) is 18.0 Å². The Morgan fingerprint density at radius 1 is 1.37 bits per heavy atom. The second kappa shape index (κ2) is 6.14. The first-order valence-electron chi connectivity index (χ1n) is 5.73. The van der Waals surface area contributed by atoms with Crippen LogP contribution in [0.2, 0.25) is 5.02 Å². The molecule has 1 rings (SSSR count). The molecule has 1 aromatic rings. The van der Waals surface area contributed by atoms with Crippen LogP contribution in [0.5, 0.6) is 0 Å². The van der Waals surface area contributed by atoms with Crippen LogP contribution in [0.1, 0.15) is 19.4 Å². The fourth-order valence-corrected chi connectivity index (χ4v) is 1.87. The lowest BCUT2D eigenvalue weighted by Gasteiger charge is -2.22. The molecule has 0 saturated heterocycles.